The summed E-state index contributed by atoms with van der Waals surface area (Å²) in [6.45, 7) is 4.81. The number of hydrogen-bond donors (Lipinski definition) is 2. The van der Waals surface area contributed by atoms with E-state index in [1.54, 1.807) is 6.33 Å². The summed E-state index contributed by atoms with van der Waals surface area (Å²) < 4.78 is 5.49. The lowest BCUT2D eigenvalue weighted by Crippen LogP contribution is -2.25. The Morgan fingerprint density at radius 2 is 2.22 bits per heavy atom. The van der Waals surface area contributed by atoms with Crippen LogP contribution in [-0.2, 0) is 11.2 Å². The van der Waals surface area contributed by atoms with E-state index in [9.17, 15) is 0 Å². The Morgan fingerprint density at radius 3 is 2.89 bits per heavy atom. The lowest BCUT2D eigenvalue weighted by molar-refractivity contribution is 0.0595. The van der Waals surface area contributed by atoms with E-state index in [0.717, 1.165) is 43.4 Å². The van der Waals surface area contributed by atoms with E-state index in [4.69, 9.17) is 4.74 Å². The molecule has 1 aliphatic heterocycles. The van der Waals surface area contributed by atoms with E-state index in [1.165, 1.54) is 12.8 Å². The Labute approximate surface area is 108 Å². The molecule has 1 fully saturated rings. The van der Waals surface area contributed by atoms with Crippen LogP contribution >= 0.6 is 0 Å². The first kappa shape index (κ1) is 13.1. The molecule has 0 aliphatic carbocycles. The summed E-state index contributed by atoms with van der Waals surface area (Å²) in [4.78, 5) is 8.58. The third kappa shape index (κ3) is 3.10. The minimum absolute atomic E-state index is 0.594. The van der Waals surface area contributed by atoms with Crippen LogP contribution in [0.1, 0.15) is 25.3 Å². The molecular formula is C13H22N4O. The summed E-state index contributed by atoms with van der Waals surface area (Å²) in [5.74, 6) is 2.45. The van der Waals surface area contributed by atoms with Crippen molar-refractivity contribution in [3.05, 3.63) is 11.9 Å². The van der Waals surface area contributed by atoms with Crippen molar-refractivity contribution in [1.29, 1.82) is 0 Å². The second-order valence-electron chi connectivity index (χ2n) is 4.62. The van der Waals surface area contributed by atoms with E-state index >= 15 is 0 Å². The molecule has 100 valence electrons. The molecule has 0 aromatic carbocycles. The summed E-state index contributed by atoms with van der Waals surface area (Å²) in [6, 6.07) is 0. The van der Waals surface area contributed by atoms with Crippen LogP contribution in [0.2, 0.25) is 0 Å². The van der Waals surface area contributed by atoms with E-state index in [2.05, 4.69) is 27.5 Å². The number of hydrogen-bond acceptors (Lipinski definition) is 5. The van der Waals surface area contributed by atoms with E-state index in [1.807, 2.05) is 7.05 Å². The molecule has 2 heterocycles. The van der Waals surface area contributed by atoms with Crippen molar-refractivity contribution in [3.8, 4) is 0 Å². The van der Waals surface area contributed by atoms with Gasteiger partial charge >= 0.3 is 0 Å². The molecule has 1 unspecified atom stereocenters. The largest absolute Gasteiger partial charge is 0.381 e. The van der Waals surface area contributed by atoms with E-state index < -0.39 is 0 Å². The summed E-state index contributed by atoms with van der Waals surface area (Å²) in [5, 5.41) is 6.55. The number of anilines is 2. The fourth-order valence-electron chi connectivity index (χ4n) is 2.32. The van der Waals surface area contributed by atoms with E-state index in [0.29, 0.717) is 5.92 Å². The maximum absolute atomic E-state index is 5.49. The summed E-state index contributed by atoms with van der Waals surface area (Å²) in [7, 11) is 1.89. The number of aromatic nitrogens is 2. The molecule has 0 spiro atoms. The van der Waals surface area contributed by atoms with Crippen molar-refractivity contribution in [2.45, 2.75) is 26.2 Å². The molecule has 1 aromatic heterocycles. The average Bonchev–Trinajstić information content (AvgIpc) is 2.45. The Bertz CT molecular complexity index is 377. The van der Waals surface area contributed by atoms with Crippen molar-refractivity contribution in [1.82, 2.24) is 9.97 Å². The van der Waals surface area contributed by atoms with Gasteiger partial charge in [-0.2, -0.15) is 0 Å². The van der Waals surface area contributed by atoms with Crippen LogP contribution < -0.4 is 10.6 Å². The SMILES string of the molecule is CCc1c(NC)ncnc1NCC1CCCOC1. The van der Waals surface area contributed by atoms with Crippen molar-refractivity contribution < 1.29 is 4.74 Å². The van der Waals surface area contributed by atoms with Gasteiger partial charge in [-0.25, -0.2) is 9.97 Å². The van der Waals surface area contributed by atoms with Gasteiger partial charge in [-0.3, -0.25) is 0 Å². The molecule has 1 aromatic rings. The minimum atomic E-state index is 0.594. The zero-order valence-corrected chi connectivity index (χ0v) is 11.2. The maximum atomic E-state index is 5.49. The molecule has 0 bridgehead atoms. The molecule has 1 saturated heterocycles. The fraction of sp³-hybridized carbons (Fsp3) is 0.692. The fourth-order valence-corrected chi connectivity index (χ4v) is 2.32. The number of rotatable bonds is 5. The first-order valence-corrected chi connectivity index (χ1v) is 6.68. The Kier molecular flexibility index (Phi) is 4.75. The number of nitrogens with one attached hydrogen (secondary N) is 2. The molecule has 1 atom stereocenters. The van der Waals surface area contributed by atoms with Gasteiger partial charge in [0.25, 0.3) is 0 Å². The molecule has 1 aliphatic rings. The van der Waals surface area contributed by atoms with Crippen LogP contribution in [-0.4, -0.2) is 36.8 Å². The van der Waals surface area contributed by atoms with Gasteiger partial charge in [0, 0.05) is 25.8 Å². The normalized spacial score (nSPS) is 19.6. The first-order chi connectivity index (χ1) is 8.85. The summed E-state index contributed by atoms with van der Waals surface area (Å²) >= 11 is 0. The topological polar surface area (TPSA) is 59.1 Å². The Hall–Kier alpha value is -1.36. The number of ether oxygens (including phenoxy) is 1. The monoisotopic (exact) mass is 250 g/mol. The smallest absolute Gasteiger partial charge is 0.134 e. The molecule has 2 rings (SSSR count). The second kappa shape index (κ2) is 6.54. The van der Waals surface area contributed by atoms with Crippen LogP contribution in [0.5, 0.6) is 0 Å². The van der Waals surface area contributed by atoms with Gasteiger partial charge < -0.3 is 15.4 Å². The van der Waals surface area contributed by atoms with Gasteiger partial charge in [-0.1, -0.05) is 6.92 Å². The van der Waals surface area contributed by atoms with Crippen LogP contribution in [0.15, 0.2) is 6.33 Å². The molecule has 18 heavy (non-hydrogen) atoms. The van der Waals surface area contributed by atoms with Crippen molar-refractivity contribution in [2.24, 2.45) is 5.92 Å². The average molecular weight is 250 g/mol. The summed E-state index contributed by atoms with van der Waals surface area (Å²) in [6.07, 6.45) is 4.92. The number of nitrogens with zero attached hydrogens (tertiary/aromatic N) is 2. The maximum Gasteiger partial charge on any atom is 0.134 e. The molecule has 2 N–H and O–H groups in total. The highest BCUT2D eigenvalue weighted by atomic mass is 16.5. The molecular weight excluding hydrogens is 228 g/mol. The quantitative estimate of drug-likeness (QED) is 0.836. The summed E-state index contributed by atoms with van der Waals surface area (Å²) in [5.41, 5.74) is 1.15. The molecule has 5 heteroatoms. The zero-order chi connectivity index (χ0) is 12.8. The van der Waals surface area contributed by atoms with Gasteiger partial charge in [0.2, 0.25) is 0 Å². The highest BCUT2D eigenvalue weighted by molar-refractivity contribution is 5.57. The van der Waals surface area contributed by atoms with Gasteiger partial charge in [0.1, 0.15) is 18.0 Å². The predicted octanol–water partition coefficient (Wildman–Crippen LogP) is 1.92. The van der Waals surface area contributed by atoms with E-state index in [-0.39, 0.29) is 0 Å². The lowest BCUT2D eigenvalue weighted by atomic mass is 10.0. The zero-order valence-electron chi connectivity index (χ0n) is 11.2. The second-order valence-corrected chi connectivity index (χ2v) is 4.62. The van der Waals surface area contributed by atoms with Crippen molar-refractivity contribution >= 4 is 11.6 Å². The molecule has 5 nitrogen and oxygen atoms in total. The van der Waals surface area contributed by atoms with Crippen molar-refractivity contribution in [3.63, 3.8) is 0 Å². The van der Waals surface area contributed by atoms with Gasteiger partial charge in [0.15, 0.2) is 0 Å². The highest BCUT2D eigenvalue weighted by Gasteiger charge is 2.15. The molecule has 0 radical (unpaired) electrons. The van der Waals surface area contributed by atoms with Crippen molar-refractivity contribution in [2.75, 3.05) is 37.4 Å². The third-order valence-electron chi connectivity index (χ3n) is 3.35. The van der Waals surface area contributed by atoms with Crippen LogP contribution in [0.3, 0.4) is 0 Å². The first-order valence-electron chi connectivity index (χ1n) is 6.68. The van der Waals surface area contributed by atoms with Gasteiger partial charge in [-0.05, 0) is 25.2 Å². The standard InChI is InChI=1S/C13H22N4O/c1-3-11-12(14-2)16-9-17-13(11)15-7-10-5-4-6-18-8-10/h9-10H,3-8H2,1-2H3,(H2,14,15,16,17). The predicted molar refractivity (Wildman–Crippen MR) is 73.0 cm³/mol. The van der Waals surface area contributed by atoms with Gasteiger partial charge in [-0.15, -0.1) is 0 Å². The van der Waals surface area contributed by atoms with Crippen LogP contribution in [0.25, 0.3) is 0 Å². The molecule has 0 saturated carbocycles. The lowest BCUT2D eigenvalue weighted by Gasteiger charge is -2.23. The Morgan fingerprint density at radius 1 is 1.39 bits per heavy atom. The minimum Gasteiger partial charge on any atom is -0.381 e. The Balaban J connectivity index is 1.99. The van der Waals surface area contributed by atoms with Crippen LogP contribution in [0, 0.1) is 5.92 Å². The third-order valence-corrected chi connectivity index (χ3v) is 3.35. The molecule has 0 amide bonds. The van der Waals surface area contributed by atoms with Crippen LogP contribution in [0.4, 0.5) is 11.6 Å². The van der Waals surface area contributed by atoms with Gasteiger partial charge in [0.05, 0.1) is 6.61 Å². The highest BCUT2D eigenvalue weighted by Crippen LogP contribution is 2.21.